The number of hydrogen-bond acceptors (Lipinski definition) is 11. The highest BCUT2D eigenvalue weighted by Gasteiger charge is 2.23. The lowest BCUT2D eigenvalue weighted by Gasteiger charge is -2.21. The molecule has 222 valence electrons. The van der Waals surface area contributed by atoms with Gasteiger partial charge in [0.1, 0.15) is 10.6 Å². The van der Waals surface area contributed by atoms with E-state index in [-0.39, 0.29) is 39.3 Å². The van der Waals surface area contributed by atoms with Crippen molar-refractivity contribution in [2.24, 2.45) is 10.2 Å². The summed E-state index contributed by atoms with van der Waals surface area (Å²) in [5.41, 5.74) is 0.880. The summed E-state index contributed by atoms with van der Waals surface area (Å²) in [6.07, 6.45) is 0. The number of amides is 1. The number of halogens is 2. The van der Waals surface area contributed by atoms with Gasteiger partial charge in [0.05, 0.1) is 10.7 Å². The predicted octanol–water partition coefficient (Wildman–Crippen LogP) is 6.46. The van der Waals surface area contributed by atoms with Crippen molar-refractivity contribution in [3.8, 4) is 0 Å². The van der Waals surface area contributed by atoms with Crippen LogP contribution in [0.3, 0.4) is 0 Å². The van der Waals surface area contributed by atoms with E-state index >= 15 is 0 Å². The second-order valence-corrected chi connectivity index (χ2v) is 11.0. The molecular formula is C27H25Cl2N9O4S. The minimum Gasteiger partial charge on any atom is -0.324 e. The molecule has 1 heterocycles. The van der Waals surface area contributed by atoms with Gasteiger partial charge in [-0.3, -0.25) is 9.35 Å². The average molecular weight is 643 g/mol. The highest BCUT2D eigenvalue weighted by atomic mass is 35.5. The van der Waals surface area contributed by atoms with Crippen LogP contribution in [0.25, 0.3) is 0 Å². The predicted molar refractivity (Wildman–Crippen MR) is 165 cm³/mol. The van der Waals surface area contributed by atoms with Crippen molar-refractivity contribution in [2.45, 2.75) is 24.8 Å². The molecule has 3 aromatic carbocycles. The van der Waals surface area contributed by atoms with Crippen molar-refractivity contribution in [3.63, 3.8) is 0 Å². The number of rotatable bonds is 11. The first-order chi connectivity index (χ1) is 20.5. The Morgan fingerprint density at radius 1 is 1.05 bits per heavy atom. The van der Waals surface area contributed by atoms with Crippen molar-refractivity contribution < 1.29 is 17.8 Å². The quantitative estimate of drug-likeness (QED) is 0.0809. The summed E-state index contributed by atoms with van der Waals surface area (Å²) in [4.78, 5) is 26.9. The summed E-state index contributed by atoms with van der Waals surface area (Å²) in [6, 6.07) is 18.2. The Kier molecular flexibility index (Phi) is 9.98. The van der Waals surface area contributed by atoms with E-state index in [0.717, 1.165) is 11.8 Å². The number of nitrogens with zero attached hydrogens (tertiary/aromatic N) is 6. The molecule has 13 nitrogen and oxygen atoms in total. The molecule has 4 aromatic rings. The number of carbonyl (C=O) groups is 1. The molecule has 43 heavy (non-hydrogen) atoms. The Bertz CT molecular complexity index is 1790. The van der Waals surface area contributed by atoms with Crippen LogP contribution in [0, 0.1) is 5.41 Å². The Morgan fingerprint density at radius 3 is 2.40 bits per heavy atom. The normalized spacial score (nSPS) is 12.1. The van der Waals surface area contributed by atoms with Gasteiger partial charge in [0.15, 0.2) is 6.04 Å². The van der Waals surface area contributed by atoms with Gasteiger partial charge in [-0.05, 0) is 67.9 Å². The molecule has 0 saturated heterocycles. The van der Waals surface area contributed by atoms with Crippen LogP contribution in [0.4, 0.5) is 34.6 Å². The topological polar surface area (TPSA) is 186 Å². The minimum absolute atomic E-state index is 0.0409. The molecule has 0 saturated carbocycles. The third-order valence-electron chi connectivity index (χ3n) is 5.79. The first kappa shape index (κ1) is 31.4. The van der Waals surface area contributed by atoms with Gasteiger partial charge in [-0.15, -0.1) is 0 Å². The van der Waals surface area contributed by atoms with E-state index in [2.05, 4.69) is 35.8 Å². The average Bonchev–Trinajstić information content (AvgIpc) is 2.94. The van der Waals surface area contributed by atoms with Crippen molar-refractivity contribution in [2.75, 3.05) is 22.1 Å². The molecule has 0 spiro atoms. The number of anilines is 5. The molecule has 0 radical (unpaired) electrons. The van der Waals surface area contributed by atoms with Crippen LogP contribution in [-0.2, 0) is 14.9 Å². The van der Waals surface area contributed by atoms with E-state index in [9.17, 15) is 17.8 Å². The highest BCUT2D eigenvalue weighted by Crippen LogP contribution is 2.31. The first-order valence-corrected chi connectivity index (χ1v) is 14.8. The molecule has 4 rings (SSSR count). The van der Waals surface area contributed by atoms with Gasteiger partial charge in [0, 0.05) is 23.6 Å². The molecule has 4 N–H and O–H groups in total. The summed E-state index contributed by atoms with van der Waals surface area (Å²) >= 11 is 12.3. The van der Waals surface area contributed by atoms with E-state index in [1.54, 1.807) is 24.3 Å². The molecule has 1 atom stereocenters. The van der Waals surface area contributed by atoms with Gasteiger partial charge < -0.3 is 20.9 Å². The monoisotopic (exact) mass is 641 g/mol. The Morgan fingerprint density at radius 2 is 1.74 bits per heavy atom. The maximum Gasteiger partial charge on any atom is 0.296 e. The van der Waals surface area contributed by atoms with Gasteiger partial charge in [0.25, 0.3) is 16.0 Å². The molecule has 1 aromatic heterocycles. The fraction of sp³-hybridized carbons (Fsp3) is 0.148. The molecule has 0 bridgehead atoms. The summed E-state index contributed by atoms with van der Waals surface area (Å²) in [6.45, 7) is 3.78. The lowest BCUT2D eigenvalue weighted by Crippen LogP contribution is -2.31. The van der Waals surface area contributed by atoms with E-state index < -0.39 is 27.0 Å². The number of hydrogen-bond donors (Lipinski definition) is 4. The molecule has 0 fully saturated rings. The van der Waals surface area contributed by atoms with E-state index in [0.29, 0.717) is 12.2 Å². The summed E-state index contributed by atoms with van der Waals surface area (Å²) < 4.78 is 34.0. The van der Waals surface area contributed by atoms with Crippen molar-refractivity contribution in [3.05, 3.63) is 83.1 Å². The van der Waals surface area contributed by atoms with Crippen LogP contribution >= 0.6 is 23.2 Å². The number of para-hydroxylation sites is 2. The Hall–Kier alpha value is -4.50. The third-order valence-corrected chi connectivity index (χ3v) is 7.19. The van der Waals surface area contributed by atoms with Gasteiger partial charge in [-0.2, -0.15) is 33.6 Å². The van der Waals surface area contributed by atoms with Crippen LogP contribution in [-0.4, -0.2) is 52.1 Å². The number of aromatic nitrogens is 3. The second kappa shape index (κ2) is 13.6. The summed E-state index contributed by atoms with van der Waals surface area (Å²) in [5.74, 6) is -0.419. The van der Waals surface area contributed by atoms with Crippen molar-refractivity contribution >= 4 is 79.6 Å². The van der Waals surface area contributed by atoms with Gasteiger partial charge in [-0.25, -0.2) is 0 Å². The molecule has 1 amide bonds. The zero-order valence-electron chi connectivity index (χ0n) is 22.7. The van der Waals surface area contributed by atoms with Crippen molar-refractivity contribution in [1.82, 2.24) is 15.0 Å². The van der Waals surface area contributed by atoms with Crippen LogP contribution in [0.2, 0.25) is 10.3 Å². The zero-order chi connectivity index (χ0) is 31.1. The largest absolute Gasteiger partial charge is 0.324 e. The highest BCUT2D eigenvalue weighted by molar-refractivity contribution is 7.86. The van der Waals surface area contributed by atoms with Crippen LogP contribution in [0.1, 0.15) is 13.8 Å². The standard InChI is InChI=1S/C27H25Cl2N9O4S/c1-3-38(18-9-5-4-6-10-18)27-34-25(29)33-26(35-27)31-17-13-14-22(43(40,41)42)21(15-17)36-37-23(16(2)30)24(39)32-20-12-8-7-11-19(20)28/h4-15,23,30H,3H2,1-2H3,(H,32,39)(H,40,41,42)(H,31,33,34,35). The fourth-order valence-electron chi connectivity index (χ4n) is 3.80. The number of azo groups is 1. The van der Waals surface area contributed by atoms with Crippen LogP contribution < -0.4 is 15.5 Å². The molecule has 0 aliphatic carbocycles. The number of nitrogens with one attached hydrogen (secondary N) is 3. The number of carbonyl (C=O) groups excluding carboxylic acids is 1. The number of benzene rings is 3. The molecule has 1 unspecified atom stereocenters. The SMILES string of the molecule is CCN(c1ccccc1)c1nc(Cl)nc(Nc2ccc(S(=O)(=O)O)c(N=NC(C(C)=N)C(=O)Nc3ccccc3Cl)c2)n1. The molecule has 16 heteroatoms. The van der Waals surface area contributed by atoms with Crippen LogP contribution in [0.15, 0.2) is 87.9 Å². The van der Waals surface area contributed by atoms with E-state index in [1.165, 1.54) is 19.1 Å². The van der Waals surface area contributed by atoms with Gasteiger partial charge in [0.2, 0.25) is 17.2 Å². The van der Waals surface area contributed by atoms with Gasteiger partial charge in [-0.1, -0.05) is 41.9 Å². The lowest BCUT2D eigenvalue weighted by molar-refractivity contribution is -0.116. The Labute approximate surface area is 257 Å². The summed E-state index contributed by atoms with van der Waals surface area (Å²) in [7, 11) is -4.75. The Balaban J connectivity index is 1.65. The summed E-state index contributed by atoms with van der Waals surface area (Å²) in [5, 5.41) is 21.5. The van der Waals surface area contributed by atoms with Crippen molar-refractivity contribution in [1.29, 1.82) is 5.41 Å². The molecular weight excluding hydrogens is 617 g/mol. The van der Waals surface area contributed by atoms with Crippen LogP contribution in [0.5, 0.6) is 0 Å². The third kappa shape index (κ3) is 8.08. The minimum atomic E-state index is -4.75. The maximum atomic E-state index is 12.9. The zero-order valence-corrected chi connectivity index (χ0v) is 25.1. The van der Waals surface area contributed by atoms with E-state index in [4.69, 9.17) is 28.6 Å². The molecule has 0 aliphatic rings. The maximum absolute atomic E-state index is 12.9. The fourth-order valence-corrected chi connectivity index (χ4v) is 4.75. The van der Waals surface area contributed by atoms with E-state index in [1.807, 2.05) is 42.2 Å². The second-order valence-electron chi connectivity index (χ2n) is 8.86. The lowest BCUT2D eigenvalue weighted by atomic mass is 10.2. The molecule has 0 aliphatic heterocycles. The van der Waals surface area contributed by atoms with Gasteiger partial charge >= 0.3 is 0 Å². The first-order valence-electron chi connectivity index (χ1n) is 12.6. The smallest absolute Gasteiger partial charge is 0.296 e.